The molecule has 0 aliphatic rings. The standard InChI is InChI=1S/C17H16INO2/c1-12(2)11-21-16-8-6-15(7-9-16)19-17(20)13-4-3-5-14(18)10-13/h3-10H,1,11H2,2H3,(H,19,20). The van der Waals surface area contributed by atoms with E-state index in [9.17, 15) is 4.79 Å². The molecule has 2 aromatic rings. The van der Waals surface area contributed by atoms with Crippen LogP contribution in [0.4, 0.5) is 5.69 Å². The fourth-order valence-electron chi connectivity index (χ4n) is 1.67. The van der Waals surface area contributed by atoms with Crippen LogP contribution in [0.3, 0.4) is 0 Å². The average molecular weight is 393 g/mol. The molecule has 0 saturated heterocycles. The predicted octanol–water partition coefficient (Wildman–Crippen LogP) is 4.50. The molecule has 0 aliphatic heterocycles. The summed E-state index contributed by atoms with van der Waals surface area (Å²) in [4.78, 5) is 12.1. The van der Waals surface area contributed by atoms with Gasteiger partial charge in [-0.2, -0.15) is 0 Å². The molecular weight excluding hydrogens is 377 g/mol. The number of carbonyl (C=O) groups excluding carboxylic acids is 1. The Hall–Kier alpha value is -1.82. The van der Waals surface area contributed by atoms with Crippen molar-refractivity contribution in [2.24, 2.45) is 0 Å². The molecule has 0 radical (unpaired) electrons. The minimum Gasteiger partial charge on any atom is -0.489 e. The minimum atomic E-state index is -0.121. The highest BCUT2D eigenvalue weighted by Crippen LogP contribution is 2.17. The Balaban J connectivity index is 2.00. The second-order valence-corrected chi connectivity index (χ2v) is 5.98. The Labute approximate surface area is 138 Å². The summed E-state index contributed by atoms with van der Waals surface area (Å²) < 4.78 is 6.55. The van der Waals surface area contributed by atoms with E-state index in [1.54, 1.807) is 6.07 Å². The lowest BCUT2D eigenvalue weighted by Crippen LogP contribution is -2.11. The zero-order valence-corrected chi connectivity index (χ0v) is 13.9. The van der Waals surface area contributed by atoms with Crippen molar-refractivity contribution < 1.29 is 9.53 Å². The van der Waals surface area contributed by atoms with Crippen LogP contribution in [0.1, 0.15) is 17.3 Å². The number of ether oxygens (including phenoxy) is 1. The number of anilines is 1. The fourth-order valence-corrected chi connectivity index (χ4v) is 2.22. The Bertz CT molecular complexity index is 650. The van der Waals surface area contributed by atoms with Gasteiger partial charge in [-0.1, -0.05) is 12.6 Å². The number of halogens is 1. The zero-order valence-electron chi connectivity index (χ0n) is 11.7. The normalized spacial score (nSPS) is 10.0. The number of amides is 1. The van der Waals surface area contributed by atoms with E-state index in [1.807, 2.05) is 49.4 Å². The molecule has 0 saturated carbocycles. The van der Waals surface area contributed by atoms with Crippen molar-refractivity contribution >= 4 is 34.2 Å². The van der Waals surface area contributed by atoms with E-state index >= 15 is 0 Å². The summed E-state index contributed by atoms with van der Waals surface area (Å²) in [6.45, 7) is 6.19. The zero-order chi connectivity index (χ0) is 15.2. The number of nitrogens with one attached hydrogen (secondary N) is 1. The summed E-state index contributed by atoms with van der Waals surface area (Å²) in [7, 11) is 0. The van der Waals surface area contributed by atoms with Crippen molar-refractivity contribution in [3.63, 3.8) is 0 Å². The summed E-state index contributed by atoms with van der Waals surface area (Å²) in [5.41, 5.74) is 2.34. The van der Waals surface area contributed by atoms with Gasteiger partial charge in [0, 0.05) is 14.8 Å². The maximum atomic E-state index is 12.1. The molecule has 0 atom stereocenters. The lowest BCUT2D eigenvalue weighted by atomic mass is 10.2. The van der Waals surface area contributed by atoms with Crippen molar-refractivity contribution in [1.82, 2.24) is 0 Å². The van der Waals surface area contributed by atoms with Crippen molar-refractivity contribution in [2.45, 2.75) is 6.92 Å². The fraction of sp³-hybridized carbons (Fsp3) is 0.118. The second kappa shape index (κ2) is 7.26. The van der Waals surface area contributed by atoms with Gasteiger partial charge < -0.3 is 10.1 Å². The summed E-state index contributed by atoms with van der Waals surface area (Å²) in [5.74, 6) is 0.634. The van der Waals surface area contributed by atoms with E-state index in [4.69, 9.17) is 4.74 Å². The monoisotopic (exact) mass is 393 g/mol. The topological polar surface area (TPSA) is 38.3 Å². The first kappa shape index (κ1) is 15.6. The van der Waals surface area contributed by atoms with Crippen LogP contribution in [-0.2, 0) is 0 Å². The van der Waals surface area contributed by atoms with Crippen molar-refractivity contribution in [3.05, 3.63) is 69.8 Å². The smallest absolute Gasteiger partial charge is 0.255 e. The Morgan fingerprint density at radius 3 is 2.57 bits per heavy atom. The predicted molar refractivity (Wildman–Crippen MR) is 93.9 cm³/mol. The third kappa shape index (κ3) is 4.90. The molecule has 4 heteroatoms. The summed E-state index contributed by atoms with van der Waals surface area (Å²) in [6.07, 6.45) is 0. The van der Waals surface area contributed by atoms with Gasteiger partial charge in [0.05, 0.1) is 0 Å². The first-order valence-corrected chi connectivity index (χ1v) is 7.56. The average Bonchev–Trinajstić information content (AvgIpc) is 2.46. The van der Waals surface area contributed by atoms with Gasteiger partial charge in [-0.3, -0.25) is 4.79 Å². The molecule has 108 valence electrons. The van der Waals surface area contributed by atoms with Gasteiger partial charge in [-0.25, -0.2) is 0 Å². The molecule has 0 aromatic heterocycles. The van der Waals surface area contributed by atoms with E-state index in [1.165, 1.54) is 0 Å². The molecular formula is C17H16INO2. The van der Waals surface area contributed by atoms with E-state index in [-0.39, 0.29) is 5.91 Å². The highest BCUT2D eigenvalue weighted by molar-refractivity contribution is 14.1. The van der Waals surface area contributed by atoms with Crippen LogP contribution in [0, 0.1) is 3.57 Å². The molecule has 0 fully saturated rings. The van der Waals surface area contributed by atoms with Crippen LogP contribution < -0.4 is 10.1 Å². The first-order chi connectivity index (χ1) is 10.0. The molecule has 2 aromatic carbocycles. The van der Waals surface area contributed by atoms with Gasteiger partial charge in [-0.05, 0) is 77.6 Å². The van der Waals surface area contributed by atoms with Crippen LogP contribution in [-0.4, -0.2) is 12.5 Å². The molecule has 0 spiro atoms. The third-order valence-corrected chi connectivity index (χ3v) is 3.36. The van der Waals surface area contributed by atoms with Crippen molar-refractivity contribution in [2.75, 3.05) is 11.9 Å². The van der Waals surface area contributed by atoms with Gasteiger partial charge in [0.2, 0.25) is 0 Å². The van der Waals surface area contributed by atoms with Crippen LogP contribution in [0.5, 0.6) is 5.75 Å². The van der Waals surface area contributed by atoms with E-state index in [0.717, 1.165) is 20.6 Å². The van der Waals surface area contributed by atoms with E-state index in [0.29, 0.717) is 12.2 Å². The first-order valence-electron chi connectivity index (χ1n) is 6.49. The second-order valence-electron chi connectivity index (χ2n) is 4.73. The molecule has 0 bridgehead atoms. The molecule has 21 heavy (non-hydrogen) atoms. The van der Waals surface area contributed by atoms with Crippen LogP contribution in [0.2, 0.25) is 0 Å². The summed E-state index contributed by atoms with van der Waals surface area (Å²) in [5, 5.41) is 2.86. The number of benzene rings is 2. The summed E-state index contributed by atoms with van der Waals surface area (Å²) in [6, 6.07) is 14.7. The van der Waals surface area contributed by atoms with Crippen LogP contribution >= 0.6 is 22.6 Å². The number of hydrogen-bond donors (Lipinski definition) is 1. The number of carbonyl (C=O) groups is 1. The van der Waals surface area contributed by atoms with Gasteiger partial charge >= 0.3 is 0 Å². The Morgan fingerprint density at radius 2 is 1.95 bits per heavy atom. The molecule has 0 unspecified atom stereocenters. The van der Waals surface area contributed by atoms with Crippen LogP contribution in [0.25, 0.3) is 0 Å². The molecule has 0 aliphatic carbocycles. The maximum Gasteiger partial charge on any atom is 0.255 e. The van der Waals surface area contributed by atoms with Gasteiger partial charge in [-0.15, -0.1) is 0 Å². The lowest BCUT2D eigenvalue weighted by Gasteiger charge is -2.08. The number of hydrogen-bond acceptors (Lipinski definition) is 2. The molecule has 3 nitrogen and oxygen atoms in total. The van der Waals surface area contributed by atoms with E-state index in [2.05, 4.69) is 34.5 Å². The number of rotatable bonds is 5. The van der Waals surface area contributed by atoms with Gasteiger partial charge in [0.15, 0.2) is 0 Å². The molecule has 1 amide bonds. The quantitative estimate of drug-likeness (QED) is 0.600. The Kier molecular flexibility index (Phi) is 5.38. The Morgan fingerprint density at radius 1 is 1.24 bits per heavy atom. The third-order valence-electron chi connectivity index (χ3n) is 2.68. The van der Waals surface area contributed by atoms with Gasteiger partial charge in [0.25, 0.3) is 5.91 Å². The lowest BCUT2D eigenvalue weighted by molar-refractivity contribution is 0.102. The van der Waals surface area contributed by atoms with E-state index < -0.39 is 0 Å². The highest BCUT2D eigenvalue weighted by Gasteiger charge is 2.06. The minimum absolute atomic E-state index is 0.121. The molecule has 2 rings (SSSR count). The molecule has 0 heterocycles. The molecule has 1 N–H and O–H groups in total. The largest absolute Gasteiger partial charge is 0.489 e. The van der Waals surface area contributed by atoms with Crippen molar-refractivity contribution in [1.29, 1.82) is 0 Å². The van der Waals surface area contributed by atoms with Gasteiger partial charge in [0.1, 0.15) is 12.4 Å². The summed E-state index contributed by atoms with van der Waals surface area (Å²) >= 11 is 2.18. The van der Waals surface area contributed by atoms with Crippen LogP contribution in [0.15, 0.2) is 60.7 Å². The highest BCUT2D eigenvalue weighted by atomic mass is 127. The maximum absolute atomic E-state index is 12.1. The SMILES string of the molecule is C=C(C)COc1ccc(NC(=O)c2cccc(I)c2)cc1. The van der Waals surface area contributed by atoms with Crippen molar-refractivity contribution in [3.8, 4) is 5.75 Å².